The maximum absolute atomic E-state index is 13.3. The van der Waals surface area contributed by atoms with E-state index in [9.17, 15) is 4.79 Å². The van der Waals surface area contributed by atoms with Gasteiger partial charge >= 0.3 is 0 Å². The number of fused-ring (bicyclic) bond motifs is 4. The topological polar surface area (TPSA) is 48.0 Å². The zero-order valence-corrected chi connectivity index (χ0v) is 17.0. The Morgan fingerprint density at radius 1 is 1.03 bits per heavy atom. The summed E-state index contributed by atoms with van der Waals surface area (Å²) >= 11 is 1.54. The molecule has 1 aromatic heterocycles. The number of amides is 1. The minimum absolute atomic E-state index is 0.0266. The van der Waals surface area contributed by atoms with E-state index in [2.05, 4.69) is 0 Å². The van der Waals surface area contributed by atoms with Gasteiger partial charge in [0.05, 0.1) is 4.88 Å². The lowest BCUT2D eigenvalue weighted by molar-refractivity contribution is 0.0754. The first-order valence-electron chi connectivity index (χ1n) is 9.76. The molecule has 3 aromatic rings. The largest absolute Gasteiger partial charge is 0.488 e. The summed E-state index contributed by atoms with van der Waals surface area (Å²) in [4.78, 5) is 17.0. The molecule has 29 heavy (non-hydrogen) atoms. The zero-order chi connectivity index (χ0) is 19.8. The van der Waals surface area contributed by atoms with Crippen LogP contribution in [-0.2, 0) is 13.2 Å². The highest BCUT2D eigenvalue weighted by Gasteiger charge is 2.25. The Balaban J connectivity index is 1.43. The van der Waals surface area contributed by atoms with Crippen molar-refractivity contribution >= 4 is 17.2 Å². The van der Waals surface area contributed by atoms with Gasteiger partial charge in [0.15, 0.2) is 11.5 Å². The average molecular weight is 407 g/mol. The summed E-state index contributed by atoms with van der Waals surface area (Å²) in [5.74, 6) is 2.40. The van der Waals surface area contributed by atoms with E-state index >= 15 is 0 Å². The van der Waals surface area contributed by atoms with Crippen molar-refractivity contribution in [3.63, 3.8) is 0 Å². The first-order chi connectivity index (χ1) is 14.2. The molecule has 0 N–H and O–H groups in total. The molecule has 0 aliphatic carbocycles. The van der Waals surface area contributed by atoms with Crippen molar-refractivity contribution in [3.05, 3.63) is 64.5 Å². The maximum atomic E-state index is 13.3. The van der Waals surface area contributed by atoms with Gasteiger partial charge in [-0.05, 0) is 31.2 Å². The average Bonchev–Trinajstić information content (AvgIpc) is 3.22. The molecule has 5 nitrogen and oxygen atoms in total. The van der Waals surface area contributed by atoms with E-state index in [0.29, 0.717) is 32.9 Å². The molecule has 2 aliphatic heterocycles. The molecule has 0 saturated heterocycles. The quantitative estimate of drug-likeness (QED) is 0.627. The smallest absolute Gasteiger partial charge is 0.264 e. The third-order valence-electron chi connectivity index (χ3n) is 5.21. The number of ether oxygens (including phenoxy) is 3. The van der Waals surface area contributed by atoms with Crippen LogP contribution in [0, 0.1) is 0 Å². The van der Waals surface area contributed by atoms with Crippen molar-refractivity contribution in [3.8, 4) is 27.7 Å². The molecule has 0 unspecified atom stereocenters. The Bertz CT molecular complexity index is 1070. The van der Waals surface area contributed by atoms with Crippen LogP contribution in [0.1, 0.15) is 27.7 Å². The second-order valence-corrected chi connectivity index (χ2v) is 8.06. The lowest BCUT2D eigenvalue weighted by atomic mass is 10.1. The molecule has 1 amide bonds. The van der Waals surface area contributed by atoms with Crippen molar-refractivity contribution in [1.29, 1.82) is 0 Å². The van der Waals surface area contributed by atoms with Crippen molar-refractivity contribution in [2.75, 3.05) is 19.8 Å². The first-order valence-corrected chi connectivity index (χ1v) is 10.6. The Morgan fingerprint density at radius 2 is 1.86 bits per heavy atom. The number of hydrogen-bond donors (Lipinski definition) is 0. The van der Waals surface area contributed by atoms with Crippen molar-refractivity contribution in [2.24, 2.45) is 0 Å². The van der Waals surface area contributed by atoms with E-state index in [1.807, 2.05) is 60.4 Å². The number of hydrogen-bond acceptors (Lipinski definition) is 5. The third-order valence-corrected chi connectivity index (χ3v) is 6.41. The molecule has 5 rings (SSSR count). The second-order valence-electron chi connectivity index (χ2n) is 7.01. The molecular weight excluding hydrogens is 386 g/mol. The minimum Gasteiger partial charge on any atom is -0.488 e. The summed E-state index contributed by atoms with van der Waals surface area (Å²) < 4.78 is 17.3. The van der Waals surface area contributed by atoms with Crippen LogP contribution < -0.4 is 14.2 Å². The van der Waals surface area contributed by atoms with Gasteiger partial charge in [-0.1, -0.05) is 24.3 Å². The van der Waals surface area contributed by atoms with E-state index in [1.165, 1.54) is 0 Å². The van der Waals surface area contributed by atoms with Gasteiger partial charge in [0.2, 0.25) is 0 Å². The van der Waals surface area contributed by atoms with E-state index in [4.69, 9.17) is 14.2 Å². The molecule has 2 aromatic carbocycles. The maximum Gasteiger partial charge on any atom is 0.264 e. The highest BCUT2D eigenvalue weighted by Crippen LogP contribution is 2.42. The highest BCUT2D eigenvalue weighted by molar-refractivity contribution is 7.17. The van der Waals surface area contributed by atoms with Crippen molar-refractivity contribution in [1.82, 2.24) is 4.90 Å². The normalized spacial score (nSPS) is 13.8. The Labute approximate surface area is 173 Å². The van der Waals surface area contributed by atoms with Crippen molar-refractivity contribution in [2.45, 2.75) is 20.1 Å². The number of nitrogens with zero attached hydrogens (tertiary/aromatic N) is 1. The monoisotopic (exact) mass is 407 g/mol. The van der Waals surface area contributed by atoms with Crippen molar-refractivity contribution < 1.29 is 19.0 Å². The number of benzene rings is 2. The van der Waals surface area contributed by atoms with E-state index < -0.39 is 0 Å². The summed E-state index contributed by atoms with van der Waals surface area (Å²) in [6.07, 6.45) is 0. The van der Waals surface area contributed by atoms with E-state index in [1.54, 1.807) is 11.3 Å². The first kappa shape index (κ1) is 18.1. The summed E-state index contributed by atoms with van der Waals surface area (Å²) in [5.41, 5.74) is 3.10. The van der Waals surface area contributed by atoms with Crippen LogP contribution in [0.2, 0.25) is 0 Å². The van der Waals surface area contributed by atoms with Gasteiger partial charge in [-0.25, -0.2) is 0 Å². The van der Waals surface area contributed by atoms with Gasteiger partial charge in [0, 0.05) is 34.7 Å². The highest BCUT2D eigenvalue weighted by atomic mass is 32.1. The van der Waals surface area contributed by atoms with Crippen LogP contribution in [0.4, 0.5) is 0 Å². The number of carbonyl (C=O) groups is 1. The molecule has 0 atom stereocenters. The van der Waals surface area contributed by atoms with E-state index in [0.717, 1.165) is 43.7 Å². The fourth-order valence-corrected chi connectivity index (χ4v) is 4.92. The van der Waals surface area contributed by atoms with Crippen LogP contribution in [0.25, 0.3) is 10.4 Å². The molecule has 148 valence electrons. The number of para-hydroxylation sites is 2. The molecule has 0 spiro atoms. The summed E-state index contributed by atoms with van der Waals surface area (Å²) in [6, 6.07) is 15.8. The fourth-order valence-electron chi connectivity index (χ4n) is 3.75. The van der Waals surface area contributed by atoms with Crippen LogP contribution >= 0.6 is 11.3 Å². The van der Waals surface area contributed by atoms with Crippen LogP contribution in [0.15, 0.2) is 48.5 Å². The summed E-state index contributed by atoms with van der Waals surface area (Å²) in [6.45, 7) is 4.67. The Hall–Kier alpha value is -2.99. The summed E-state index contributed by atoms with van der Waals surface area (Å²) in [5, 5.41) is 0. The van der Waals surface area contributed by atoms with E-state index in [-0.39, 0.29) is 5.91 Å². The second kappa shape index (κ2) is 7.44. The van der Waals surface area contributed by atoms with Gasteiger partial charge in [-0.15, -0.1) is 11.3 Å². The predicted octanol–water partition coefficient (Wildman–Crippen LogP) is 4.74. The number of carbonyl (C=O) groups excluding carboxylic acids is 1. The molecule has 2 aliphatic rings. The van der Waals surface area contributed by atoms with Crippen LogP contribution in [0.3, 0.4) is 0 Å². The van der Waals surface area contributed by atoms with Gasteiger partial charge in [-0.3, -0.25) is 4.79 Å². The number of rotatable bonds is 4. The SMILES string of the molecule is CCN(Cc1cccc2c1OCCO2)C(=O)c1cc2c(s1)-c1ccccc1OC2. The van der Waals surface area contributed by atoms with Gasteiger partial charge in [-0.2, -0.15) is 0 Å². The zero-order valence-electron chi connectivity index (χ0n) is 16.1. The molecule has 6 heteroatoms. The lowest BCUT2D eigenvalue weighted by Crippen LogP contribution is -2.30. The molecular formula is C23H21NO4S. The standard InChI is InChI=1S/C23H21NO4S/c1-2-24(13-15-6-5-9-19-21(15)27-11-10-26-19)23(25)20-12-16-14-28-18-8-4-3-7-17(18)22(16)29-20/h3-9,12H,2,10-11,13-14H2,1H3. The van der Waals surface area contributed by atoms with Gasteiger partial charge in [0.1, 0.15) is 25.6 Å². The Morgan fingerprint density at radius 3 is 2.76 bits per heavy atom. The lowest BCUT2D eigenvalue weighted by Gasteiger charge is -2.25. The third kappa shape index (κ3) is 3.23. The Kier molecular flexibility index (Phi) is 4.64. The molecule has 0 saturated carbocycles. The van der Waals surface area contributed by atoms with Gasteiger partial charge in [0.25, 0.3) is 5.91 Å². The van der Waals surface area contributed by atoms with Gasteiger partial charge < -0.3 is 19.1 Å². The summed E-state index contributed by atoms with van der Waals surface area (Å²) in [7, 11) is 0. The van der Waals surface area contributed by atoms with Crippen LogP contribution in [-0.4, -0.2) is 30.6 Å². The molecule has 3 heterocycles. The predicted molar refractivity (Wildman–Crippen MR) is 112 cm³/mol. The molecule has 0 radical (unpaired) electrons. The minimum atomic E-state index is 0.0266. The fraction of sp³-hybridized carbons (Fsp3) is 0.261. The van der Waals surface area contributed by atoms with Crippen LogP contribution in [0.5, 0.6) is 17.2 Å². The molecule has 0 fully saturated rings. The molecule has 0 bridgehead atoms. The number of thiophene rings is 1.